The van der Waals surface area contributed by atoms with E-state index in [-0.39, 0.29) is 30.2 Å². The molecule has 128 valence electrons. The highest BCUT2D eigenvalue weighted by Gasteiger charge is 2.36. The van der Waals surface area contributed by atoms with Crippen molar-refractivity contribution in [3.05, 3.63) is 77.6 Å². The summed E-state index contributed by atoms with van der Waals surface area (Å²) in [7, 11) is 3.61. The van der Waals surface area contributed by atoms with Crippen LogP contribution in [0, 0.1) is 5.82 Å². The number of hydrogen-bond acceptors (Lipinski definition) is 2. The fraction of sp³-hybridized carbons (Fsp3) is 0.300. The van der Waals surface area contributed by atoms with Gasteiger partial charge in [0.1, 0.15) is 0 Å². The van der Waals surface area contributed by atoms with Crippen LogP contribution in [0.4, 0.5) is 4.39 Å². The zero-order chi connectivity index (χ0) is 16.4. The molecule has 0 amide bonds. The zero-order valence-electron chi connectivity index (χ0n) is 14.0. The third kappa shape index (κ3) is 3.33. The van der Waals surface area contributed by atoms with Crippen molar-refractivity contribution in [2.75, 3.05) is 20.7 Å². The van der Waals surface area contributed by atoms with E-state index in [1.54, 1.807) is 6.07 Å². The maximum atomic E-state index is 14.1. The summed E-state index contributed by atoms with van der Waals surface area (Å²) in [5, 5.41) is 0. The Kier molecular flexibility index (Phi) is 6.03. The van der Waals surface area contributed by atoms with Crippen molar-refractivity contribution in [2.45, 2.75) is 18.4 Å². The largest absolute Gasteiger partial charge is 0.494 e. The second-order valence-electron chi connectivity index (χ2n) is 6.07. The van der Waals surface area contributed by atoms with Crippen molar-refractivity contribution in [3.63, 3.8) is 0 Å². The molecule has 2 aromatic carbocycles. The van der Waals surface area contributed by atoms with Crippen LogP contribution in [0.5, 0.6) is 5.75 Å². The van der Waals surface area contributed by atoms with Gasteiger partial charge in [-0.15, -0.1) is 19.0 Å². The van der Waals surface area contributed by atoms with E-state index in [1.165, 1.54) is 12.7 Å². The first-order chi connectivity index (χ1) is 11.2. The number of halogens is 2. The van der Waals surface area contributed by atoms with Crippen LogP contribution in [0.1, 0.15) is 22.6 Å². The lowest BCUT2D eigenvalue weighted by atomic mass is 9.89. The molecule has 2 aromatic rings. The second kappa shape index (κ2) is 7.82. The number of rotatable bonds is 5. The number of fused-ring (bicyclic) bond motifs is 1. The zero-order valence-corrected chi connectivity index (χ0v) is 14.9. The van der Waals surface area contributed by atoms with Crippen LogP contribution in [0.2, 0.25) is 0 Å². The van der Waals surface area contributed by atoms with E-state index < -0.39 is 0 Å². The normalized spacial score (nSPS) is 18.8. The summed E-state index contributed by atoms with van der Waals surface area (Å²) in [5.74, 6) is 0.243. The molecule has 0 unspecified atom stereocenters. The van der Waals surface area contributed by atoms with E-state index in [4.69, 9.17) is 4.74 Å². The Balaban J connectivity index is 0.00000208. The molecule has 1 aliphatic rings. The molecule has 1 aliphatic carbocycles. The summed E-state index contributed by atoms with van der Waals surface area (Å²) in [5.41, 5.74) is 3.48. The van der Waals surface area contributed by atoms with E-state index in [9.17, 15) is 4.39 Å². The summed E-state index contributed by atoms with van der Waals surface area (Å²) in [4.78, 5) is 2.29. The summed E-state index contributed by atoms with van der Waals surface area (Å²) in [6.07, 6.45) is 2.74. The van der Waals surface area contributed by atoms with Gasteiger partial charge in [-0.3, -0.25) is 4.90 Å². The van der Waals surface area contributed by atoms with Gasteiger partial charge in [0.2, 0.25) is 0 Å². The molecule has 0 aliphatic heterocycles. The van der Waals surface area contributed by atoms with Crippen molar-refractivity contribution >= 4 is 12.4 Å². The predicted molar refractivity (Wildman–Crippen MR) is 98.8 cm³/mol. The first kappa shape index (κ1) is 18.5. The first-order valence-corrected chi connectivity index (χ1v) is 7.88. The molecule has 0 aromatic heterocycles. The van der Waals surface area contributed by atoms with Gasteiger partial charge in [-0.1, -0.05) is 36.4 Å². The lowest BCUT2D eigenvalue weighted by Crippen LogP contribution is -2.35. The lowest BCUT2D eigenvalue weighted by Gasteiger charge is -2.29. The number of benzene rings is 2. The quantitative estimate of drug-likeness (QED) is 0.742. The minimum absolute atomic E-state index is 0. The van der Waals surface area contributed by atoms with Gasteiger partial charge in [0, 0.05) is 18.5 Å². The molecule has 0 N–H and O–H groups in total. The first-order valence-electron chi connectivity index (χ1n) is 7.88. The van der Waals surface area contributed by atoms with Crippen LogP contribution in [-0.4, -0.2) is 31.6 Å². The highest BCUT2D eigenvalue weighted by Crippen LogP contribution is 2.42. The number of methoxy groups -OCH3 is 1. The van der Waals surface area contributed by atoms with E-state index in [2.05, 4.69) is 42.8 Å². The number of hydrogen-bond donors (Lipinski definition) is 0. The molecule has 3 rings (SSSR count). The Morgan fingerprint density at radius 3 is 2.62 bits per heavy atom. The Labute approximate surface area is 149 Å². The van der Waals surface area contributed by atoms with Gasteiger partial charge in [-0.25, -0.2) is 4.39 Å². The standard InChI is InChI=1S/C20H22FNO.ClH/c1-4-10-22(2)18-12-15-11-17(21)19(23-3)13-16(15)20(18)14-8-6-5-7-9-14;/h4-9,11,13,18,20H,1,10,12H2,2-3H3;1H/t18-,20-;/m1./s1. The van der Waals surface area contributed by atoms with Crippen LogP contribution in [0.3, 0.4) is 0 Å². The Bertz CT molecular complexity index is 704. The Hall–Kier alpha value is -1.84. The minimum Gasteiger partial charge on any atom is -0.494 e. The summed E-state index contributed by atoms with van der Waals surface area (Å²) < 4.78 is 19.3. The average molecular weight is 348 g/mol. The highest BCUT2D eigenvalue weighted by molar-refractivity contribution is 5.85. The molecular formula is C20H23ClFNO. The van der Waals surface area contributed by atoms with Crippen LogP contribution < -0.4 is 4.74 Å². The Morgan fingerprint density at radius 1 is 1.29 bits per heavy atom. The molecule has 0 spiro atoms. The molecule has 0 radical (unpaired) electrons. The topological polar surface area (TPSA) is 12.5 Å². The summed E-state index contributed by atoms with van der Waals surface area (Å²) >= 11 is 0. The van der Waals surface area contributed by atoms with Crippen LogP contribution in [0.25, 0.3) is 0 Å². The maximum absolute atomic E-state index is 14.1. The van der Waals surface area contributed by atoms with Gasteiger partial charge in [0.25, 0.3) is 0 Å². The van der Waals surface area contributed by atoms with E-state index >= 15 is 0 Å². The van der Waals surface area contributed by atoms with Gasteiger partial charge in [-0.2, -0.15) is 0 Å². The van der Waals surface area contributed by atoms with Crippen LogP contribution >= 0.6 is 12.4 Å². The molecule has 0 saturated heterocycles. The third-order valence-corrected chi connectivity index (χ3v) is 4.70. The van der Waals surface area contributed by atoms with Gasteiger partial charge in [-0.05, 0) is 42.3 Å². The fourth-order valence-electron chi connectivity index (χ4n) is 3.59. The molecular weight excluding hydrogens is 325 g/mol. The lowest BCUT2D eigenvalue weighted by molar-refractivity contribution is 0.256. The van der Waals surface area contributed by atoms with Gasteiger partial charge < -0.3 is 4.74 Å². The monoisotopic (exact) mass is 347 g/mol. The van der Waals surface area contributed by atoms with Gasteiger partial charge in [0.05, 0.1) is 7.11 Å². The van der Waals surface area contributed by atoms with E-state index in [1.807, 2.05) is 18.2 Å². The number of ether oxygens (including phenoxy) is 1. The van der Waals surface area contributed by atoms with Crippen molar-refractivity contribution in [3.8, 4) is 5.75 Å². The SMILES string of the molecule is C=CCN(C)[C@@H]1Cc2cc(F)c(OC)cc2[C@H]1c1ccccc1.Cl. The van der Waals surface area contributed by atoms with Crippen molar-refractivity contribution in [1.82, 2.24) is 4.90 Å². The van der Waals surface area contributed by atoms with Crippen LogP contribution in [0.15, 0.2) is 55.1 Å². The van der Waals surface area contributed by atoms with Crippen molar-refractivity contribution in [2.24, 2.45) is 0 Å². The third-order valence-electron chi connectivity index (χ3n) is 4.70. The highest BCUT2D eigenvalue weighted by atomic mass is 35.5. The van der Waals surface area contributed by atoms with Crippen LogP contribution in [-0.2, 0) is 6.42 Å². The molecule has 0 heterocycles. The van der Waals surface area contributed by atoms with E-state index in [0.29, 0.717) is 5.75 Å². The molecule has 4 heteroatoms. The minimum atomic E-state index is -0.287. The molecule has 0 fully saturated rings. The van der Waals surface area contributed by atoms with E-state index in [0.717, 1.165) is 24.1 Å². The van der Waals surface area contributed by atoms with Gasteiger partial charge >= 0.3 is 0 Å². The fourth-order valence-corrected chi connectivity index (χ4v) is 3.59. The predicted octanol–water partition coefficient (Wildman–Crippen LogP) is 4.43. The molecule has 0 bridgehead atoms. The molecule has 24 heavy (non-hydrogen) atoms. The smallest absolute Gasteiger partial charge is 0.165 e. The maximum Gasteiger partial charge on any atom is 0.165 e. The molecule has 0 saturated carbocycles. The summed E-state index contributed by atoms with van der Waals surface area (Å²) in [6.45, 7) is 4.65. The number of likely N-dealkylation sites (N-methyl/N-ethyl adjacent to an activating group) is 1. The van der Waals surface area contributed by atoms with Crippen molar-refractivity contribution < 1.29 is 9.13 Å². The number of nitrogens with zero attached hydrogens (tertiary/aromatic N) is 1. The van der Waals surface area contributed by atoms with Gasteiger partial charge in [0.15, 0.2) is 11.6 Å². The molecule has 2 nitrogen and oxygen atoms in total. The molecule has 2 atom stereocenters. The van der Waals surface area contributed by atoms with Crippen molar-refractivity contribution in [1.29, 1.82) is 0 Å². The Morgan fingerprint density at radius 2 is 2.00 bits per heavy atom. The average Bonchev–Trinajstić information content (AvgIpc) is 2.93. The second-order valence-corrected chi connectivity index (χ2v) is 6.07. The summed E-state index contributed by atoms with van der Waals surface area (Å²) in [6, 6.07) is 14.2.